The molecule has 17 heavy (non-hydrogen) atoms. The van der Waals surface area contributed by atoms with Gasteiger partial charge in [0.2, 0.25) is 5.91 Å². The Balaban J connectivity index is 4.07. The first-order valence-electron chi connectivity index (χ1n) is 6.21. The second-order valence-corrected chi connectivity index (χ2v) is 4.35. The smallest absolute Gasteiger partial charge is 0.227 e. The Labute approximate surface area is 104 Å². The molecule has 0 rings (SSSR count). The van der Waals surface area contributed by atoms with E-state index in [0.29, 0.717) is 26.1 Å². The fraction of sp³-hybridized carbons (Fsp3) is 0.917. The standard InChI is InChI=1S/C12H26N2O3/c1-4-12(5-2,9-13)11(16)14-7-6-10(15)8-17-3/h10,15H,4-9,13H2,1-3H3,(H,14,16). The first kappa shape index (κ1) is 16.4. The van der Waals surface area contributed by atoms with E-state index in [1.165, 1.54) is 7.11 Å². The number of amides is 1. The van der Waals surface area contributed by atoms with Gasteiger partial charge in [-0.1, -0.05) is 13.8 Å². The highest BCUT2D eigenvalue weighted by Crippen LogP contribution is 2.24. The van der Waals surface area contributed by atoms with Crippen LogP contribution in [0.25, 0.3) is 0 Å². The molecule has 0 radical (unpaired) electrons. The molecule has 0 fully saturated rings. The van der Waals surface area contributed by atoms with Crippen molar-refractivity contribution in [3.8, 4) is 0 Å². The van der Waals surface area contributed by atoms with Crippen LogP contribution in [0.3, 0.4) is 0 Å². The van der Waals surface area contributed by atoms with Crippen LogP contribution >= 0.6 is 0 Å². The summed E-state index contributed by atoms with van der Waals surface area (Å²) >= 11 is 0. The molecule has 0 aliphatic heterocycles. The van der Waals surface area contributed by atoms with Gasteiger partial charge in [-0.15, -0.1) is 0 Å². The fourth-order valence-electron chi connectivity index (χ4n) is 1.77. The predicted molar refractivity (Wildman–Crippen MR) is 67.6 cm³/mol. The van der Waals surface area contributed by atoms with E-state index in [1.54, 1.807) is 0 Å². The van der Waals surface area contributed by atoms with Crippen LogP contribution in [0.2, 0.25) is 0 Å². The number of carbonyl (C=O) groups is 1. The van der Waals surface area contributed by atoms with E-state index in [9.17, 15) is 9.90 Å². The first-order chi connectivity index (χ1) is 8.06. The Bertz CT molecular complexity index is 210. The molecule has 0 bridgehead atoms. The summed E-state index contributed by atoms with van der Waals surface area (Å²) < 4.78 is 4.81. The Morgan fingerprint density at radius 1 is 1.47 bits per heavy atom. The van der Waals surface area contributed by atoms with Crippen molar-refractivity contribution in [2.75, 3.05) is 26.8 Å². The molecule has 1 atom stereocenters. The average Bonchev–Trinajstić information content (AvgIpc) is 2.32. The molecule has 0 aromatic carbocycles. The second kappa shape index (κ2) is 8.44. The van der Waals surface area contributed by atoms with Gasteiger partial charge in [-0.05, 0) is 19.3 Å². The summed E-state index contributed by atoms with van der Waals surface area (Å²) in [5.41, 5.74) is 5.21. The molecule has 0 aliphatic rings. The van der Waals surface area contributed by atoms with Gasteiger partial charge < -0.3 is 20.9 Å². The van der Waals surface area contributed by atoms with Gasteiger partial charge in [-0.2, -0.15) is 0 Å². The molecule has 0 aromatic rings. The first-order valence-corrected chi connectivity index (χ1v) is 6.21. The average molecular weight is 246 g/mol. The van der Waals surface area contributed by atoms with Crippen LogP contribution in [0.5, 0.6) is 0 Å². The van der Waals surface area contributed by atoms with Crippen molar-refractivity contribution in [3.63, 3.8) is 0 Å². The van der Waals surface area contributed by atoms with Crippen molar-refractivity contribution in [2.24, 2.45) is 11.1 Å². The van der Waals surface area contributed by atoms with Gasteiger partial charge in [-0.25, -0.2) is 0 Å². The summed E-state index contributed by atoms with van der Waals surface area (Å²) in [6.07, 6.45) is 1.42. The number of hydrogen-bond donors (Lipinski definition) is 3. The second-order valence-electron chi connectivity index (χ2n) is 4.35. The molecule has 0 saturated carbocycles. The van der Waals surface area contributed by atoms with Crippen LogP contribution in [0, 0.1) is 5.41 Å². The van der Waals surface area contributed by atoms with Crippen LogP contribution in [0.15, 0.2) is 0 Å². The number of hydrogen-bond acceptors (Lipinski definition) is 4. The topological polar surface area (TPSA) is 84.6 Å². The molecule has 0 aromatic heterocycles. The molecule has 1 amide bonds. The number of nitrogens with one attached hydrogen (secondary N) is 1. The van der Waals surface area contributed by atoms with Crippen molar-refractivity contribution < 1.29 is 14.6 Å². The van der Waals surface area contributed by atoms with Crippen molar-refractivity contribution in [1.82, 2.24) is 5.32 Å². The van der Waals surface area contributed by atoms with E-state index in [0.717, 1.165) is 12.8 Å². The lowest BCUT2D eigenvalue weighted by atomic mass is 9.81. The molecule has 102 valence electrons. The molecule has 0 saturated heterocycles. The minimum Gasteiger partial charge on any atom is -0.391 e. The quantitative estimate of drug-likeness (QED) is 0.545. The van der Waals surface area contributed by atoms with Crippen LogP contribution in [-0.4, -0.2) is 43.9 Å². The van der Waals surface area contributed by atoms with Crippen LogP contribution in [0.1, 0.15) is 33.1 Å². The number of methoxy groups -OCH3 is 1. The third-order valence-electron chi connectivity index (χ3n) is 3.35. The largest absolute Gasteiger partial charge is 0.391 e. The van der Waals surface area contributed by atoms with Gasteiger partial charge in [0.05, 0.1) is 18.1 Å². The lowest BCUT2D eigenvalue weighted by Crippen LogP contribution is -2.46. The number of nitrogens with two attached hydrogens (primary N) is 1. The molecular formula is C12H26N2O3. The summed E-state index contributed by atoms with van der Waals surface area (Å²) in [7, 11) is 1.54. The Morgan fingerprint density at radius 2 is 2.06 bits per heavy atom. The zero-order valence-corrected chi connectivity index (χ0v) is 11.2. The lowest BCUT2D eigenvalue weighted by molar-refractivity contribution is -0.131. The lowest BCUT2D eigenvalue weighted by Gasteiger charge is -2.28. The number of ether oxygens (including phenoxy) is 1. The zero-order chi connectivity index (χ0) is 13.3. The molecule has 0 spiro atoms. The molecule has 5 nitrogen and oxygen atoms in total. The highest BCUT2D eigenvalue weighted by atomic mass is 16.5. The fourth-order valence-corrected chi connectivity index (χ4v) is 1.77. The number of aliphatic hydroxyl groups excluding tert-OH is 1. The van der Waals surface area contributed by atoms with E-state index in [2.05, 4.69) is 5.32 Å². The van der Waals surface area contributed by atoms with Crippen LogP contribution in [0.4, 0.5) is 0 Å². The summed E-state index contributed by atoms with van der Waals surface area (Å²) in [6, 6.07) is 0. The molecule has 4 N–H and O–H groups in total. The predicted octanol–water partition coefficient (Wildman–Crippen LogP) is 0.265. The van der Waals surface area contributed by atoms with Gasteiger partial charge in [0.1, 0.15) is 0 Å². The van der Waals surface area contributed by atoms with Crippen molar-refractivity contribution in [1.29, 1.82) is 0 Å². The number of carbonyl (C=O) groups excluding carboxylic acids is 1. The zero-order valence-electron chi connectivity index (χ0n) is 11.2. The van der Waals surface area contributed by atoms with Gasteiger partial charge in [-0.3, -0.25) is 4.79 Å². The summed E-state index contributed by atoms with van der Waals surface area (Å²) in [5.74, 6) is -0.0189. The maximum Gasteiger partial charge on any atom is 0.227 e. The molecule has 0 aliphatic carbocycles. The van der Waals surface area contributed by atoms with E-state index in [1.807, 2.05) is 13.8 Å². The normalized spacial score (nSPS) is 13.5. The Hall–Kier alpha value is -0.650. The SMILES string of the molecule is CCC(CC)(CN)C(=O)NCCC(O)COC. The summed E-state index contributed by atoms with van der Waals surface area (Å²) in [6.45, 7) is 5.03. The van der Waals surface area contributed by atoms with E-state index in [-0.39, 0.29) is 5.91 Å². The monoisotopic (exact) mass is 246 g/mol. The minimum atomic E-state index is -0.532. The Morgan fingerprint density at radius 3 is 2.47 bits per heavy atom. The van der Waals surface area contributed by atoms with Crippen molar-refractivity contribution in [3.05, 3.63) is 0 Å². The van der Waals surface area contributed by atoms with Gasteiger partial charge >= 0.3 is 0 Å². The van der Waals surface area contributed by atoms with Gasteiger partial charge in [0, 0.05) is 20.2 Å². The van der Waals surface area contributed by atoms with E-state index >= 15 is 0 Å². The molecule has 1 unspecified atom stereocenters. The van der Waals surface area contributed by atoms with Crippen molar-refractivity contribution in [2.45, 2.75) is 39.2 Å². The van der Waals surface area contributed by atoms with Crippen LogP contribution in [-0.2, 0) is 9.53 Å². The maximum atomic E-state index is 12.0. The highest BCUT2D eigenvalue weighted by molar-refractivity contribution is 5.82. The van der Waals surface area contributed by atoms with Gasteiger partial charge in [0.15, 0.2) is 0 Å². The highest BCUT2D eigenvalue weighted by Gasteiger charge is 2.32. The summed E-state index contributed by atoms with van der Waals surface area (Å²) in [4.78, 5) is 12.0. The van der Waals surface area contributed by atoms with Crippen LogP contribution < -0.4 is 11.1 Å². The number of rotatable bonds is 9. The number of aliphatic hydroxyl groups is 1. The van der Waals surface area contributed by atoms with E-state index < -0.39 is 11.5 Å². The van der Waals surface area contributed by atoms with Crippen molar-refractivity contribution >= 4 is 5.91 Å². The molecular weight excluding hydrogens is 220 g/mol. The molecule has 0 heterocycles. The van der Waals surface area contributed by atoms with E-state index in [4.69, 9.17) is 10.5 Å². The molecule has 5 heteroatoms. The third-order valence-corrected chi connectivity index (χ3v) is 3.35. The minimum absolute atomic E-state index is 0.0189. The van der Waals surface area contributed by atoms with Gasteiger partial charge in [0.25, 0.3) is 0 Å². The third kappa shape index (κ3) is 5.02. The summed E-state index contributed by atoms with van der Waals surface area (Å²) in [5, 5.41) is 12.3. The maximum absolute atomic E-state index is 12.0. The Kier molecular flexibility index (Phi) is 8.12.